The summed E-state index contributed by atoms with van der Waals surface area (Å²) in [5, 5.41) is 6.29. The van der Waals surface area contributed by atoms with E-state index in [2.05, 4.69) is 10.6 Å². The predicted molar refractivity (Wildman–Crippen MR) is 116 cm³/mol. The van der Waals surface area contributed by atoms with Crippen LogP contribution in [0.3, 0.4) is 0 Å². The Balaban J connectivity index is 1.64. The Morgan fingerprint density at radius 1 is 1.16 bits per heavy atom. The molecule has 4 amide bonds. The number of carbonyl (C=O) groups is 4. The highest BCUT2D eigenvalue weighted by Gasteiger charge is 2.70. The Morgan fingerprint density at radius 3 is 2.56 bits per heavy atom. The van der Waals surface area contributed by atoms with Gasteiger partial charge in [0.15, 0.2) is 0 Å². The number of amides is 4. The first-order valence-corrected chi connectivity index (χ1v) is 10.7. The van der Waals surface area contributed by atoms with Crippen LogP contribution in [0.1, 0.15) is 23.1 Å². The first-order chi connectivity index (χ1) is 15.2. The van der Waals surface area contributed by atoms with Gasteiger partial charge in [-0.2, -0.15) is 0 Å². The molecule has 0 unspecified atom stereocenters. The molecule has 3 heterocycles. The number of imide groups is 1. The number of carbonyl (C=O) groups excluding carboxylic acids is 4. The number of benzene rings is 2. The summed E-state index contributed by atoms with van der Waals surface area (Å²) in [6.45, 7) is 1.92. The van der Waals surface area contributed by atoms with Crippen LogP contribution in [0.25, 0.3) is 0 Å². The molecule has 32 heavy (non-hydrogen) atoms. The number of nitrogens with two attached hydrogens (primary N) is 1. The van der Waals surface area contributed by atoms with Crippen LogP contribution in [0.4, 0.5) is 5.69 Å². The fourth-order valence-corrected chi connectivity index (χ4v) is 5.69. The number of anilines is 1. The third-order valence-corrected chi connectivity index (χ3v) is 6.91. The topological polar surface area (TPSA) is 122 Å². The number of nitrogens with zero attached hydrogens (tertiary/aromatic N) is 1. The zero-order valence-electron chi connectivity index (χ0n) is 17.2. The molecule has 4 atom stereocenters. The molecule has 164 valence electrons. The van der Waals surface area contributed by atoms with Crippen molar-refractivity contribution in [2.75, 3.05) is 5.32 Å². The molecule has 9 heteroatoms. The van der Waals surface area contributed by atoms with Gasteiger partial charge in [0.2, 0.25) is 23.6 Å². The molecule has 0 bridgehead atoms. The number of primary amides is 1. The Hall–Kier alpha value is -3.23. The molecular formula is C23H21ClN4O4. The largest absolute Gasteiger partial charge is 0.370 e. The lowest BCUT2D eigenvalue weighted by molar-refractivity contribution is -0.143. The number of likely N-dealkylation sites (tertiary alicyclic amines) is 1. The second kappa shape index (κ2) is 7.15. The lowest BCUT2D eigenvalue weighted by Crippen LogP contribution is -2.53. The third-order valence-electron chi connectivity index (χ3n) is 6.62. The van der Waals surface area contributed by atoms with E-state index >= 15 is 0 Å². The Labute approximate surface area is 189 Å². The molecule has 2 aromatic carbocycles. The molecule has 3 aliphatic rings. The van der Waals surface area contributed by atoms with E-state index in [9.17, 15) is 19.2 Å². The number of nitrogens with one attached hydrogen (secondary N) is 2. The van der Waals surface area contributed by atoms with Crippen LogP contribution in [0.15, 0.2) is 42.5 Å². The second-order valence-corrected chi connectivity index (χ2v) is 9.01. The van der Waals surface area contributed by atoms with Crippen LogP contribution in [0, 0.1) is 18.8 Å². The van der Waals surface area contributed by atoms with Gasteiger partial charge in [-0.3, -0.25) is 29.4 Å². The average Bonchev–Trinajstić information content (AvgIpc) is 3.30. The van der Waals surface area contributed by atoms with Gasteiger partial charge in [-0.15, -0.1) is 0 Å². The van der Waals surface area contributed by atoms with E-state index in [4.69, 9.17) is 17.3 Å². The van der Waals surface area contributed by atoms with Crippen LogP contribution < -0.4 is 16.4 Å². The van der Waals surface area contributed by atoms with E-state index in [1.807, 2.05) is 37.3 Å². The van der Waals surface area contributed by atoms with Crippen molar-refractivity contribution in [2.24, 2.45) is 17.6 Å². The van der Waals surface area contributed by atoms with Crippen molar-refractivity contribution >= 4 is 40.9 Å². The van der Waals surface area contributed by atoms with Crippen molar-refractivity contribution in [1.82, 2.24) is 10.2 Å². The standard InChI is InChI=1S/C23H21ClN4O4/c1-11-7-13-19(14(24)8-11)26-22(32)23(13)18-17(15(27-23)9-16(25)29)20(30)28(21(18)31)10-12-5-3-2-4-6-12/h2-8,15,17-18,27H,9-10H2,1H3,(H2,25,29)(H,26,32)/t15-,17+,18-,23-/m0/s1. The first kappa shape index (κ1) is 20.7. The highest BCUT2D eigenvalue weighted by atomic mass is 35.5. The molecule has 8 nitrogen and oxygen atoms in total. The summed E-state index contributed by atoms with van der Waals surface area (Å²) in [6, 6.07) is 11.9. The maximum absolute atomic E-state index is 13.7. The minimum absolute atomic E-state index is 0.0912. The molecule has 2 aromatic rings. The number of halogens is 1. The smallest absolute Gasteiger partial charge is 0.250 e. The number of fused-ring (bicyclic) bond motifs is 4. The maximum atomic E-state index is 13.7. The van der Waals surface area contributed by atoms with Crippen LogP contribution in [0.5, 0.6) is 0 Å². The first-order valence-electron chi connectivity index (χ1n) is 10.3. The van der Waals surface area contributed by atoms with E-state index in [1.54, 1.807) is 12.1 Å². The van der Waals surface area contributed by atoms with Gasteiger partial charge in [0, 0.05) is 18.0 Å². The van der Waals surface area contributed by atoms with Gasteiger partial charge in [-0.25, -0.2) is 0 Å². The molecule has 3 aliphatic heterocycles. The van der Waals surface area contributed by atoms with E-state index < -0.39 is 47.0 Å². The van der Waals surface area contributed by atoms with Gasteiger partial charge < -0.3 is 11.1 Å². The lowest BCUT2D eigenvalue weighted by Gasteiger charge is -2.29. The zero-order valence-corrected chi connectivity index (χ0v) is 18.0. The van der Waals surface area contributed by atoms with Crippen molar-refractivity contribution in [3.05, 3.63) is 64.2 Å². The Bertz CT molecular complexity index is 1180. The number of hydrogen-bond acceptors (Lipinski definition) is 5. The van der Waals surface area contributed by atoms with Crippen LogP contribution >= 0.6 is 11.6 Å². The summed E-state index contributed by atoms with van der Waals surface area (Å²) in [6.07, 6.45) is -0.177. The highest BCUT2D eigenvalue weighted by Crippen LogP contribution is 2.54. The zero-order chi connectivity index (χ0) is 22.8. The molecule has 2 fully saturated rings. The van der Waals surface area contributed by atoms with Gasteiger partial charge in [0.1, 0.15) is 5.54 Å². The third kappa shape index (κ3) is 2.79. The molecule has 0 aromatic heterocycles. The van der Waals surface area contributed by atoms with Crippen molar-refractivity contribution in [1.29, 1.82) is 0 Å². The summed E-state index contributed by atoms with van der Waals surface area (Å²) < 4.78 is 0. The predicted octanol–water partition coefficient (Wildman–Crippen LogP) is 1.44. The summed E-state index contributed by atoms with van der Waals surface area (Å²) in [4.78, 5) is 53.5. The number of hydrogen-bond donors (Lipinski definition) is 3. The quantitative estimate of drug-likeness (QED) is 0.606. The highest BCUT2D eigenvalue weighted by molar-refractivity contribution is 6.35. The van der Waals surface area contributed by atoms with Crippen molar-refractivity contribution in [2.45, 2.75) is 31.5 Å². The molecule has 0 radical (unpaired) electrons. The second-order valence-electron chi connectivity index (χ2n) is 8.60. The van der Waals surface area contributed by atoms with Gasteiger partial charge in [0.05, 0.1) is 29.1 Å². The van der Waals surface area contributed by atoms with Crippen molar-refractivity contribution < 1.29 is 19.2 Å². The number of aryl methyl sites for hydroxylation is 1. The van der Waals surface area contributed by atoms with E-state index in [0.29, 0.717) is 16.3 Å². The van der Waals surface area contributed by atoms with E-state index in [1.165, 1.54) is 4.90 Å². The van der Waals surface area contributed by atoms with Crippen LogP contribution in [-0.4, -0.2) is 34.6 Å². The SMILES string of the molecule is Cc1cc(Cl)c2c(c1)[C@@]1(N[C@@H](CC(N)=O)[C@H]3C(=O)N(Cc4ccccc4)C(=O)[C@H]31)C(=O)N2. The van der Waals surface area contributed by atoms with Gasteiger partial charge in [0.25, 0.3) is 0 Å². The number of rotatable bonds is 4. The molecule has 0 saturated carbocycles. The Kier molecular flexibility index (Phi) is 4.61. The van der Waals surface area contributed by atoms with Gasteiger partial charge in [-0.05, 0) is 24.1 Å². The van der Waals surface area contributed by atoms with Crippen molar-refractivity contribution in [3.63, 3.8) is 0 Å². The molecule has 5 rings (SSSR count). The van der Waals surface area contributed by atoms with Gasteiger partial charge >= 0.3 is 0 Å². The minimum atomic E-state index is -1.51. The van der Waals surface area contributed by atoms with Crippen molar-refractivity contribution in [3.8, 4) is 0 Å². The monoisotopic (exact) mass is 452 g/mol. The molecule has 1 spiro atoms. The molecular weight excluding hydrogens is 432 g/mol. The van der Waals surface area contributed by atoms with Crippen LogP contribution in [-0.2, 0) is 31.3 Å². The fraction of sp³-hybridized carbons (Fsp3) is 0.304. The minimum Gasteiger partial charge on any atom is -0.370 e. The molecule has 0 aliphatic carbocycles. The average molecular weight is 453 g/mol. The normalized spacial score (nSPS) is 28.2. The Morgan fingerprint density at radius 2 is 1.88 bits per heavy atom. The molecule has 4 N–H and O–H groups in total. The van der Waals surface area contributed by atoms with Crippen LogP contribution in [0.2, 0.25) is 5.02 Å². The summed E-state index contributed by atoms with van der Waals surface area (Å²) in [7, 11) is 0. The van der Waals surface area contributed by atoms with E-state index in [0.717, 1.165) is 11.1 Å². The summed E-state index contributed by atoms with van der Waals surface area (Å²) in [5.74, 6) is -3.87. The fourth-order valence-electron chi connectivity index (χ4n) is 5.37. The maximum Gasteiger partial charge on any atom is 0.250 e. The lowest BCUT2D eigenvalue weighted by atomic mass is 9.76. The molecule has 2 saturated heterocycles. The summed E-state index contributed by atoms with van der Waals surface area (Å²) >= 11 is 6.39. The van der Waals surface area contributed by atoms with Gasteiger partial charge in [-0.1, -0.05) is 48.0 Å². The summed E-state index contributed by atoms with van der Waals surface area (Å²) in [5.41, 5.74) is 6.46. The van der Waals surface area contributed by atoms with E-state index in [-0.39, 0.29) is 13.0 Å².